The minimum absolute atomic E-state index is 0.00699. The third kappa shape index (κ3) is 2.45. The van der Waals surface area contributed by atoms with E-state index in [0.29, 0.717) is 6.54 Å². The Hall–Kier alpha value is -1.88. The maximum absolute atomic E-state index is 11.0. The van der Waals surface area contributed by atoms with Gasteiger partial charge in [0, 0.05) is 33.0 Å². The molecule has 0 saturated heterocycles. The van der Waals surface area contributed by atoms with Crippen LogP contribution in [0.15, 0.2) is 24.4 Å². The van der Waals surface area contributed by atoms with Crippen molar-refractivity contribution in [1.82, 2.24) is 20.2 Å². The van der Waals surface area contributed by atoms with Crippen LogP contribution in [0.1, 0.15) is 12.5 Å². The van der Waals surface area contributed by atoms with Crippen LogP contribution in [0.2, 0.25) is 0 Å². The molecule has 1 amide bonds. The minimum Gasteiger partial charge on any atom is -0.281 e. The van der Waals surface area contributed by atoms with E-state index < -0.39 is 0 Å². The van der Waals surface area contributed by atoms with Crippen LogP contribution in [0.5, 0.6) is 0 Å². The number of carbonyl (C=O) groups is 1. The topological polar surface area (TPSA) is 50.2 Å². The van der Waals surface area contributed by atoms with E-state index in [2.05, 4.69) is 16.6 Å². The van der Waals surface area contributed by atoms with E-state index in [1.165, 1.54) is 11.9 Å². The third-order valence-corrected chi connectivity index (χ3v) is 2.80. The summed E-state index contributed by atoms with van der Waals surface area (Å²) in [6, 6.07) is 6.14. The first-order valence-corrected chi connectivity index (χ1v) is 5.46. The molecule has 0 atom stereocenters. The molecular weight excluding hydrogens is 216 g/mol. The molecule has 0 fully saturated rings. The van der Waals surface area contributed by atoms with Gasteiger partial charge in [-0.2, -0.15) is 5.10 Å². The van der Waals surface area contributed by atoms with Crippen molar-refractivity contribution in [2.75, 3.05) is 7.05 Å². The average molecular weight is 232 g/mol. The number of fused-ring (bicyclic) bond motifs is 1. The number of hydrazine groups is 1. The predicted octanol–water partition coefficient (Wildman–Crippen LogP) is 1.06. The number of aromatic nitrogens is 2. The molecule has 0 unspecified atom stereocenters. The summed E-state index contributed by atoms with van der Waals surface area (Å²) in [6.45, 7) is 2.15. The smallest absolute Gasteiger partial charge is 0.233 e. The van der Waals surface area contributed by atoms with Gasteiger partial charge >= 0.3 is 0 Å². The van der Waals surface area contributed by atoms with Gasteiger partial charge in [-0.3, -0.25) is 14.5 Å². The van der Waals surface area contributed by atoms with E-state index in [1.807, 2.05) is 30.1 Å². The summed E-state index contributed by atoms with van der Waals surface area (Å²) in [5, 5.41) is 6.78. The highest BCUT2D eigenvalue weighted by Crippen LogP contribution is 2.14. The van der Waals surface area contributed by atoms with Gasteiger partial charge in [-0.15, -0.1) is 0 Å². The monoisotopic (exact) mass is 232 g/mol. The van der Waals surface area contributed by atoms with E-state index in [4.69, 9.17) is 0 Å². The molecule has 0 radical (unpaired) electrons. The zero-order valence-corrected chi connectivity index (χ0v) is 10.3. The van der Waals surface area contributed by atoms with Crippen molar-refractivity contribution >= 4 is 16.8 Å². The maximum atomic E-state index is 11.0. The Morgan fingerprint density at radius 1 is 1.53 bits per heavy atom. The molecular formula is C12H16N4O. The molecule has 1 heterocycles. The number of rotatable bonds is 3. The van der Waals surface area contributed by atoms with Gasteiger partial charge in [-0.1, -0.05) is 6.07 Å². The van der Waals surface area contributed by atoms with Gasteiger partial charge in [0.05, 0.1) is 11.7 Å². The number of hydrogen-bond acceptors (Lipinski definition) is 3. The quantitative estimate of drug-likeness (QED) is 0.805. The van der Waals surface area contributed by atoms with Gasteiger partial charge in [0.2, 0.25) is 5.91 Å². The standard InChI is InChI=1S/C12H16N4O/c1-9(17)15(2)13-7-10-4-5-12-11(6-10)8-14-16(12)3/h4-6,8,13H,7H2,1-3H3. The van der Waals surface area contributed by atoms with Crippen LogP contribution in [0.4, 0.5) is 0 Å². The van der Waals surface area contributed by atoms with E-state index in [1.54, 1.807) is 7.05 Å². The van der Waals surface area contributed by atoms with E-state index in [-0.39, 0.29) is 5.91 Å². The van der Waals surface area contributed by atoms with Crippen molar-refractivity contribution < 1.29 is 4.79 Å². The molecule has 1 N–H and O–H groups in total. The van der Waals surface area contributed by atoms with Gasteiger partial charge < -0.3 is 0 Å². The van der Waals surface area contributed by atoms with Crippen molar-refractivity contribution in [3.63, 3.8) is 0 Å². The van der Waals surface area contributed by atoms with E-state index >= 15 is 0 Å². The number of carbonyl (C=O) groups excluding carboxylic acids is 1. The highest BCUT2D eigenvalue weighted by Gasteiger charge is 2.03. The Labute approximate surface area is 100.0 Å². The molecule has 1 aromatic heterocycles. The highest BCUT2D eigenvalue weighted by molar-refractivity contribution is 5.79. The highest BCUT2D eigenvalue weighted by atomic mass is 16.2. The molecule has 5 nitrogen and oxygen atoms in total. The fourth-order valence-electron chi connectivity index (χ4n) is 1.64. The van der Waals surface area contributed by atoms with Gasteiger partial charge in [-0.05, 0) is 17.7 Å². The number of benzene rings is 1. The summed E-state index contributed by atoms with van der Waals surface area (Å²) in [5.41, 5.74) is 5.26. The summed E-state index contributed by atoms with van der Waals surface area (Å²) in [6.07, 6.45) is 1.84. The number of nitrogens with one attached hydrogen (secondary N) is 1. The Bertz CT molecular complexity index is 546. The van der Waals surface area contributed by atoms with Crippen molar-refractivity contribution in [1.29, 1.82) is 0 Å². The molecule has 0 spiro atoms. The van der Waals surface area contributed by atoms with Crippen LogP contribution in [-0.2, 0) is 18.4 Å². The Kier molecular flexibility index (Phi) is 3.10. The predicted molar refractivity (Wildman–Crippen MR) is 66.0 cm³/mol. The first kappa shape index (κ1) is 11.6. The zero-order chi connectivity index (χ0) is 12.4. The van der Waals surface area contributed by atoms with Crippen LogP contribution >= 0.6 is 0 Å². The second-order valence-corrected chi connectivity index (χ2v) is 4.07. The summed E-state index contributed by atoms with van der Waals surface area (Å²) < 4.78 is 1.84. The second-order valence-electron chi connectivity index (χ2n) is 4.07. The first-order chi connectivity index (χ1) is 8.08. The fourth-order valence-corrected chi connectivity index (χ4v) is 1.64. The van der Waals surface area contributed by atoms with Crippen LogP contribution in [-0.4, -0.2) is 27.7 Å². The molecule has 1 aromatic carbocycles. The number of amides is 1. The lowest BCUT2D eigenvalue weighted by molar-refractivity contribution is -0.130. The largest absolute Gasteiger partial charge is 0.281 e. The van der Waals surface area contributed by atoms with Crippen LogP contribution < -0.4 is 5.43 Å². The number of aryl methyl sites for hydroxylation is 1. The molecule has 2 aromatic rings. The Morgan fingerprint density at radius 2 is 2.29 bits per heavy atom. The van der Waals surface area contributed by atoms with Crippen molar-refractivity contribution in [3.05, 3.63) is 30.0 Å². The summed E-state index contributed by atoms with van der Waals surface area (Å²) in [7, 11) is 3.63. The second kappa shape index (κ2) is 4.55. The Balaban J connectivity index is 2.12. The molecule has 2 rings (SSSR count). The fraction of sp³-hybridized carbons (Fsp3) is 0.333. The van der Waals surface area contributed by atoms with Crippen molar-refractivity contribution in [3.8, 4) is 0 Å². The zero-order valence-electron chi connectivity index (χ0n) is 10.3. The maximum Gasteiger partial charge on any atom is 0.233 e. The molecule has 17 heavy (non-hydrogen) atoms. The first-order valence-electron chi connectivity index (χ1n) is 5.46. The van der Waals surface area contributed by atoms with Gasteiger partial charge in [0.1, 0.15) is 0 Å². The Morgan fingerprint density at radius 3 is 3.00 bits per heavy atom. The number of hydrogen-bond donors (Lipinski definition) is 1. The molecule has 0 aliphatic heterocycles. The molecule has 90 valence electrons. The van der Waals surface area contributed by atoms with Gasteiger partial charge in [0.25, 0.3) is 0 Å². The summed E-state index contributed by atoms with van der Waals surface area (Å²) in [5.74, 6) is -0.00699. The molecule has 5 heteroatoms. The lowest BCUT2D eigenvalue weighted by Gasteiger charge is -2.16. The van der Waals surface area contributed by atoms with Crippen LogP contribution in [0.25, 0.3) is 10.9 Å². The molecule has 0 aliphatic rings. The van der Waals surface area contributed by atoms with Crippen molar-refractivity contribution in [2.45, 2.75) is 13.5 Å². The van der Waals surface area contributed by atoms with Crippen molar-refractivity contribution in [2.24, 2.45) is 7.05 Å². The van der Waals surface area contributed by atoms with E-state index in [9.17, 15) is 4.79 Å². The normalized spacial score (nSPS) is 10.8. The minimum atomic E-state index is -0.00699. The SMILES string of the molecule is CC(=O)N(C)NCc1ccc2c(cnn2C)c1. The van der Waals surface area contributed by atoms with Crippen LogP contribution in [0, 0.1) is 0 Å². The molecule has 0 bridgehead atoms. The number of nitrogens with zero attached hydrogens (tertiary/aromatic N) is 3. The summed E-state index contributed by atoms with van der Waals surface area (Å²) in [4.78, 5) is 11.0. The summed E-state index contributed by atoms with van der Waals surface area (Å²) >= 11 is 0. The molecule has 0 saturated carbocycles. The molecule has 0 aliphatic carbocycles. The third-order valence-electron chi connectivity index (χ3n) is 2.80. The lowest BCUT2D eigenvalue weighted by Crippen LogP contribution is -2.37. The van der Waals surface area contributed by atoms with Gasteiger partial charge in [-0.25, -0.2) is 5.43 Å². The van der Waals surface area contributed by atoms with Gasteiger partial charge in [0.15, 0.2) is 0 Å². The average Bonchev–Trinajstić information content (AvgIpc) is 2.67. The van der Waals surface area contributed by atoms with E-state index in [0.717, 1.165) is 16.5 Å². The van der Waals surface area contributed by atoms with Crippen LogP contribution in [0.3, 0.4) is 0 Å². The lowest BCUT2D eigenvalue weighted by atomic mass is 10.1.